The average Bonchev–Trinajstić information content (AvgIpc) is 3.07. The fourth-order valence-corrected chi connectivity index (χ4v) is 4.19. The van der Waals surface area contributed by atoms with Crippen LogP contribution in [0.4, 0.5) is 0 Å². The van der Waals surface area contributed by atoms with E-state index in [1.807, 2.05) is 11.9 Å². The molecule has 3 rings (SSSR count). The van der Waals surface area contributed by atoms with Crippen molar-refractivity contribution in [1.82, 2.24) is 20.7 Å². The second-order valence-corrected chi connectivity index (χ2v) is 6.74. The SMILES string of the molecule is CCOC(=O)CNC(=O)C1CCC2C(C1)N(C)C(=O)C1CCNN12. The number of carbonyl (C=O) groups excluding carboxylic acids is 3. The monoisotopic (exact) mass is 338 g/mol. The van der Waals surface area contributed by atoms with Crippen LogP contribution in [-0.4, -0.2) is 72.6 Å². The van der Waals surface area contributed by atoms with E-state index < -0.39 is 5.97 Å². The van der Waals surface area contributed by atoms with Crippen molar-refractivity contribution in [3.05, 3.63) is 0 Å². The molecular formula is C16H26N4O4. The van der Waals surface area contributed by atoms with Crippen molar-refractivity contribution in [3.63, 3.8) is 0 Å². The van der Waals surface area contributed by atoms with Crippen LogP contribution in [0.2, 0.25) is 0 Å². The number of likely N-dealkylation sites (N-methyl/N-ethyl adjacent to an activating group) is 1. The van der Waals surface area contributed by atoms with Crippen molar-refractivity contribution in [2.45, 2.75) is 50.7 Å². The quantitative estimate of drug-likeness (QED) is 0.656. The largest absolute Gasteiger partial charge is 0.465 e. The van der Waals surface area contributed by atoms with Gasteiger partial charge in [-0.2, -0.15) is 0 Å². The van der Waals surface area contributed by atoms with E-state index in [-0.39, 0.29) is 42.4 Å². The summed E-state index contributed by atoms with van der Waals surface area (Å²) in [5, 5.41) is 4.77. The summed E-state index contributed by atoms with van der Waals surface area (Å²) in [6.45, 7) is 2.77. The molecule has 0 aromatic rings. The summed E-state index contributed by atoms with van der Waals surface area (Å²) in [6.07, 6.45) is 3.11. The van der Waals surface area contributed by atoms with Crippen LogP contribution in [0.25, 0.3) is 0 Å². The Morgan fingerprint density at radius 1 is 1.29 bits per heavy atom. The lowest BCUT2D eigenvalue weighted by molar-refractivity contribution is -0.153. The van der Waals surface area contributed by atoms with Crippen LogP contribution in [-0.2, 0) is 19.1 Å². The van der Waals surface area contributed by atoms with Crippen LogP contribution in [0.5, 0.6) is 0 Å². The van der Waals surface area contributed by atoms with Gasteiger partial charge >= 0.3 is 5.97 Å². The standard InChI is InChI=1S/C16H26N4O4/c1-3-24-14(21)9-17-15(22)10-4-5-11-13(8-10)19(2)16(23)12-6-7-18-20(11)12/h10-13,18H,3-9H2,1-2H3,(H,17,22). The molecule has 1 saturated carbocycles. The Balaban J connectivity index is 1.60. The van der Waals surface area contributed by atoms with Gasteiger partial charge in [-0.3, -0.25) is 19.8 Å². The normalized spacial score (nSPS) is 32.9. The molecule has 24 heavy (non-hydrogen) atoms. The molecule has 4 unspecified atom stereocenters. The van der Waals surface area contributed by atoms with Crippen LogP contribution in [0.15, 0.2) is 0 Å². The fraction of sp³-hybridized carbons (Fsp3) is 0.812. The van der Waals surface area contributed by atoms with Crippen LogP contribution >= 0.6 is 0 Å². The lowest BCUT2D eigenvalue weighted by atomic mass is 9.79. The summed E-state index contributed by atoms with van der Waals surface area (Å²) in [4.78, 5) is 38.0. The van der Waals surface area contributed by atoms with Crippen molar-refractivity contribution in [1.29, 1.82) is 0 Å². The first kappa shape index (κ1) is 17.2. The molecule has 4 atom stereocenters. The van der Waals surface area contributed by atoms with Gasteiger partial charge in [0.2, 0.25) is 11.8 Å². The summed E-state index contributed by atoms with van der Waals surface area (Å²) >= 11 is 0. The molecule has 3 fully saturated rings. The molecule has 0 spiro atoms. The Labute approximate surface area is 141 Å². The third kappa shape index (κ3) is 3.12. The zero-order valence-corrected chi connectivity index (χ0v) is 14.3. The smallest absolute Gasteiger partial charge is 0.325 e. The molecule has 0 aromatic carbocycles. The molecule has 0 aromatic heterocycles. The van der Waals surface area contributed by atoms with Gasteiger partial charge in [0, 0.05) is 31.6 Å². The van der Waals surface area contributed by atoms with Crippen LogP contribution < -0.4 is 10.7 Å². The highest BCUT2D eigenvalue weighted by molar-refractivity contribution is 5.85. The number of carbonyl (C=O) groups is 3. The van der Waals surface area contributed by atoms with Crippen molar-refractivity contribution in [2.24, 2.45) is 5.92 Å². The molecule has 2 N–H and O–H groups in total. The molecule has 134 valence electrons. The van der Waals surface area contributed by atoms with Crippen molar-refractivity contribution >= 4 is 17.8 Å². The van der Waals surface area contributed by atoms with Gasteiger partial charge in [-0.1, -0.05) is 0 Å². The first-order chi connectivity index (χ1) is 11.5. The van der Waals surface area contributed by atoms with Gasteiger partial charge in [-0.15, -0.1) is 0 Å². The minimum Gasteiger partial charge on any atom is -0.465 e. The van der Waals surface area contributed by atoms with Crippen molar-refractivity contribution in [2.75, 3.05) is 26.7 Å². The molecule has 2 heterocycles. The minimum absolute atomic E-state index is 0.0337. The summed E-state index contributed by atoms with van der Waals surface area (Å²) in [6, 6.07) is 0.228. The number of amides is 2. The molecule has 2 amide bonds. The lowest BCUT2D eigenvalue weighted by Crippen LogP contribution is -2.67. The average molecular weight is 338 g/mol. The number of piperazine rings is 1. The van der Waals surface area contributed by atoms with Gasteiger partial charge in [-0.05, 0) is 32.6 Å². The third-order valence-electron chi connectivity index (χ3n) is 5.40. The molecule has 0 radical (unpaired) electrons. The predicted octanol–water partition coefficient (Wildman–Crippen LogP) is -0.746. The Morgan fingerprint density at radius 3 is 2.83 bits per heavy atom. The maximum atomic E-state index is 12.5. The van der Waals surface area contributed by atoms with E-state index in [9.17, 15) is 14.4 Å². The number of ether oxygens (including phenoxy) is 1. The van der Waals surface area contributed by atoms with Crippen molar-refractivity contribution in [3.8, 4) is 0 Å². The Hall–Kier alpha value is -1.67. The second kappa shape index (κ2) is 7.06. The molecule has 3 aliphatic rings. The number of esters is 1. The van der Waals surface area contributed by atoms with E-state index in [1.54, 1.807) is 6.92 Å². The zero-order valence-electron chi connectivity index (χ0n) is 14.3. The van der Waals surface area contributed by atoms with E-state index >= 15 is 0 Å². The van der Waals surface area contributed by atoms with Gasteiger partial charge in [-0.25, -0.2) is 5.01 Å². The second-order valence-electron chi connectivity index (χ2n) is 6.74. The summed E-state index contributed by atoms with van der Waals surface area (Å²) in [5.41, 5.74) is 3.33. The number of nitrogens with zero attached hydrogens (tertiary/aromatic N) is 2. The molecule has 8 heteroatoms. The number of hydrogen-bond acceptors (Lipinski definition) is 6. The summed E-state index contributed by atoms with van der Waals surface area (Å²) in [5.74, 6) is -0.587. The molecule has 2 aliphatic heterocycles. The number of nitrogens with one attached hydrogen (secondary N) is 2. The lowest BCUT2D eigenvalue weighted by Gasteiger charge is -2.50. The fourth-order valence-electron chi connectivity index (χ4n) is 4.19. The van der Waals surface area contributed by atoms with Gasteiger partial charge in [0.1, 0.15) is 12.6 Å². The molecule has 2 saturated heterocycles. The molecule has 8 nitrogen and oxygen atoms in total. The van der Waals surface area contributed by atoms with E-state index in [2.05, 4.69) is 15.8 Å². The van der Waals surface area contributed by atoms with Crippen LogP contribution in [0.3, 0.4) is 0 Å². The zero-order chi connectivity index (χ0) is 17.3. The number of rotatable bonds is 4. The van der Waals surface area contributed by atoms with E-state index in [1.165, 1.54) is 0 Å². The Morgan fingerprint density at radius 2 is 2.08 bits per heavy atom. The van der Waals surface area contributed by atoms with Gasteiger partial charge < -0.3 is 15.0 Å². The highest BCUT2D eigenvalue weighted by atomic mass is 16.5. The Bertz CT molecular complexity index is 526. The number of hydrazine groups is 1. The predicted molar refractivity (Wildman–Crippen MR) is 85.6 cm³/mol. The van der Waals surface area contributed by atoms with Crippen molar-refractivity contribution < 1.29 is 19.1 Å². The molecule has 1 aliphatic carbocycles. The highest BCUT2D eigenvalue weighted by Crippen LogP contribution is 2.36. The minimum atomic E-state index is -0.423. The molecular weight excluding hydrogens is 312 g/mol. The first-order valence-electron chi connectivity index (χ1n) is 8.74. The van der Waals surface area contributed by atoms with Gasteiger partial charge in [0.15, 0.2) is 0 Å². The van der Waals surface area contributed by atoms with E-state index in [0.717, 1.165) is 25.8 Å². The highest BCUT2D eigenvalue weighted by Gasteiger charge is 2.50. The van der Waals surface area contributed by atoms with Gasteiger partial charge in [0.25, 0.3) is 0 Å². The van der Waals surface area contributed by atoms with Gasteiger partial charge in [0.05, 0.1) is 6.61 Å². The third-order valence-corrected chi connectivity index (χ3v) is 5.40. The topological polar surface area (TPSA) is 91.0 Å². The van der Waals surface area contributed by atoms with E-state index in [0.29, 0.717) is 13.0 Å². The van der Waals surface area contributed by atoms with Crippen LogP contribution in [0.1, 0.15) is 32.6 Å². The van der Waals surface area contributed by atoms with Crippen LogP contribution in [0, 0.1) is 5.92 Å². The Kier molecular flexibility index (Phi) is 5.05. The maximum absolute atomic E-state index is 12.5. The summed E-state index contributed by atoms with van der Waals surface area (Å²) < 4.78 is 4.82. The summed E-state index contributed by atoms with van der Waals surface area (Å²) in [7, 11) is 1.84. The molecule has 0 bridgehead atoms. The number of hydrogen-bond donors (Lipinski definition) is 2. The maximum Gasteiger partial charge on any atom is 0.325 e. The first-order valence-corrected chi connectivity index (χ1v) is 8.74. The van der Waals surface area contributed by atoms with E-state index in [4.69, 9.17) is 4.74 Å². The number of fused-ring (bicyclic) bond motifs is 3.